The zero-order valence-electron chi connectivity index (χ0n) is 15.9. The van der Waals surface area contributed by atoms with E-state index in [1.807, 2.05) is 17.5 Å². The van der Waals surface area contributed by atoms with E-state index in [1.165, 1.54) is 29.8 Å². The summed E-state index contributed by atoms with van der Waals surface area (Å²) in [4.78, 5) is 16.0. The fourth-order valence-electron chi connectivity index (χ4n) is 2.72. The SMILES string of the molecule is COc1cc(/C=C2\S/C(=N\N=C\c3cccs3)N(Cc3ccco3)C2=O)ccc1O. The van der Waals surface area contributed by atoms with Gasteiger partial charge in [0.1, 0.15) is 5.76 Å². The normalized spacial score (nSPS) is 17.0. The van der Waals surface area contributed by atoms with E-state index in [0.29, 0.717) is 21.6 Å². The number of phenolic OH excluding ortho intramolecular Hbond substituents is 1. The van der Waals surface area contributed by atoms with Crippen molar-refractivity contribution in [2.45, 2.75) is 6.54 Å². The Morgan fingerprint density at radius 1 is 1.27 bits per heavy atom. The largest absolute Gasteiger partial charge is 0.504 e. The Bertz CT molecular complexity index is 1120. The number of hydrogen-bond acceptors (Lipinski definition) is 8. The van der Waals surface area contributed by atoms with Crippen molar-refractivity contribution in [1.29, 1.82) is 0 Å². The van der Waals surface area contributed by atoms with Gasteiger partial charge in [0.15, 0.2) is 16.7 Å². The van der Waals surface area contributed by atoms with Gasteiger partial charge < -0.3 is 14.3 Å². The van der Waals surface area contributed by atoms with E-state index in [9.17, 15) is 9.90 Å². The van der Waals surface area contributed by atoms with Crippen LogP contribution in [0.25, 0.3) is 6.08 Å². The molecule has 4 rings (SSSR count). The van der Waals surface area contributed by atoms with Crippen molar-refractivity contribution in [1.82, 2.24) is 4.90 Å². The fourth-order valence-corrected chi connectivity index (χ4v) is 4.23. The minimum Gasteiger partial charge on any atom is -0.504 e. The van der Waals surface area contributed by atoms with Crippen LogP contribution in [-0.2, 0) is 11.3 Å². The van der Waals surface area contributed by atoms with Crippen LogP contribution in [0.4, 0.5) is 0 Å². The molecule has 0 spiro atoms. The van der Waals surface area contributed by atoms with Crippen molar-refractivity contribution in [3.8, 4) is 11.5 Å². The number of carbonyl (C=O) groups excluding carboxylic acids is 1. The fraction of sp³-hybridized carbons (Fsp3) is 0.0952. The lowest BCUT2D eigenvalue weighted by Crippen LogP contribution is -2.28. The van der Waals surface area contributed by atoms with Crippen LogP contribution in [0.5, 0.6) is 11.5 Å². The number of thioether (sulfide) groups is 1. The van der Waals surface area contributed by atoms with Gasteiger partial charge in [-0.25, -0.2) is 0 Å². The number of carbonyl (C=O) groups is 1. The molecule has 0 saturated carbocycles. The number of hydrogen-bond donors (Lipinski definition) is 1. The molecule has 1 saturated heterocycles. The summed E-state index contributed by atoms with van der Waals surface area (Å²) in [6, 6.07) is 12.3. The number of furan rings is 1. The van der Waals surface area contributed by atoms with E-state index in [2.05, 4.69) is 10.2 Å². The summed E-state index contributed by atoms with van der Waals surface area (Å²) in [6.45, 7) is 0.252. The van der Waals surface area contributed by atoms with Crippen LogP contribution in [-0.4, -0.2) is 34.4 Å². The maximum atomic E-state index is 13.0. The Hall–Kier alpha value is -3.30. The molecule has 3 aromatic rings. The van der Waals surface area contributed by atoms with Gasteiger partial charge in [0, 0.05) is 4.88 Å². The number of phenols is 1. The molecule has 9 heteroatoms. The minimum absolute atomic E-state index is 0.0367. The van der Waals surface area contributed by atoms with Crippen LogP contribution in [0.1, 0.15) is 16.2 Å². The lowest BCUT2D eigenvalue weighted by Gasteiger charge is -2.12. The highest BCUT2D eigenvalue weighted by molar-refractivity contribution is 8.18. The van der Waals surface area contributed by atoms with Gasteiger partial charge in [0.25, 0.3) is 5.91 Å². The highest BCUT2D eigenvalue weighted by Crippen LogP contribution is 2.35. The third-order valence-electron chi connectivity index (χ3n) is 4.16. The molecule has 1 aromatic carbocycles. The van der Waals surface area contributed by atoms with Gasteiger partial charge in [-0.2, -0.15) is 5.10 Å². The first-order valence-corrected chi connectivity index (χ1v) is 10.6. The van der Waals surface area contributed by atoms with Crippen molar-refractivity contribution in [2.24, 2.45) is 10.2 Å². The predicted molar refractivity (Wildman–Crippen MR) is 119 cm³/mol. The molecule has 1 aliphatic heterocycles. The molecule has 0 aliphatic carbocycles. The van der Waals surface area contributed by atoms with Crippen molar-refractivity contribution < 1.29 is 19.1 Å². The maximum absolute atomic E-state index is 13.0. The van der Waals surface area contributed by atoms with Gasteiger partial charge >= 0.3 is 0 Å². The van der Waals surface area contributed by atoms with E-state index in [0.717, 1.165) is 10.4 Å². The molecule has 1 amide bonds. The molecule has 7 nitrogen and oxygen atoms in total. The number of amidine groups is 1. The molecule has 0 radical (unpaired) electrons. The molecule has 152 valence electrons. The smallest absolute Gasteiger partial charge is 0.267 e. The zero-order valence-corrected chi connectivity index (χ0v) is 17.5. The number of ether oxygens (including phenoxy) is 1. The predicted octanol–water partition coefficient (Wildman–Crippen LogP) is 4.56. The second-order valence-electron chi connectivity index (χ2n) is 6.16. The van der Waals surface area contributed by atoms with Crippen LogP contribution in [0.3, 0.4) is 0 Å². The Morgan fingerprint density at radius 2 is 2.17 bits per heavy atom. The van der Waals surface area contributed by atoms with E-state index >= 15 is 0 Å². The number of rotatable bonds is 6. The Kier molecular flexibility index (Phi) is 6.01. The monoisotopic (exact) mass is 439 g/mol. The topological polar surface area (TPSA) is 87.6 Å². The molecular formula is C21H17N3O4S2. The summed E-state index contributed by atoms with van der Waals surface area (Å²) in [6.07, 6.45) is 4.95. The van der Waals surface area contributed by atoms with E-state index < -0.39 is 0 Å². The summed E-state index contributed by atoms with van der Waals surface area (Å²) in [5, 5.41) is 20.6. The van der Waals surface area contributed by atoms with Gasteiger partial charge in [-0.15, -0.1) is 16.4 Å². The summed E-state index contributed by atoms with van der Waals surface area (Å²) in [7, 11) is 1.48. The molecule has 30 heavy (non-hydrogen) atoms. The van der Waals surface area contributed by atoms with E-state index in [-0.39, 0.29) is 18.2 Å². The Morgan fingerprint density at radius 3 is 2.90 bits per heavy atom. The molecule has 1 aliphatic rings. The summed E-state index contributed by atoms with van der Waals surface area (Å²) in [5.41, 5.74) is 0.724. The number of methoxy groups -OCH3 is 1. The highest BCUT2D eigenvalue weighted by Gasteiger charge is 2.34. The molecular weight excluding hydrogens is 422 g/mol. The maximum Gasteiger partial charge on any atom is 0.267 e. The first-order chi connectivity index (χ1) is 14.6. The van der Waals surface area contributed by atoms with Gasteiger partial charge in [-0.05, 0) is 59.1 Å². The van der Waals surface area contributed by atoms with Crippen molar-refractivity contribution in [2.75, 3.05) is 7.11 Å². The van der Waals surface area contributed by atoms with Gasteiger partial charge in [0.2, 0.25) is 0 Å². The minimum atomic E-state index is -0.200. The van der Waals surface area contributed by atoms with Crippen LogP contribution < -0.4 is 4.74 Å². The number of benzene rings is 1. The van der Waals surface area contributed by atoms with Crippen molar-refractivity contribution in [3.63, 3.8) is 0 Å². The number of aromatic hydroxyl groups is 1. The molecule has 1 N–H and O–H groups in total. The lowest BCUT2D eigenvalue weighted by atomic mass is 10.2. The molecule has 0 bridgehead atoms. The highest BCUT2D eigenvalue weighted by atomic mass is 32.2. The number of thiophene rings is 1. The van der Waals surface area contributed by atoms with Gasteiger partial charge in [-0.3, -0.25) is 9.69 Å². The molecule has 1 fully saturated rings. The van der Waals surface area contributed by atoms with Crippen LogP contribution in [0.2, 0.25) is 0 Å². The van der Waals surface area contributed by atoms with Crippen LogP contribution >= 0.6 is 23.1 Å². The molecule has 3 heterocycles. The first kappa shape index (κ1) is 20.0. The van der Waals surface area contributed by atoms with Crippen LogP contribution in [0.15, 0.2) is 73.6 Å². The second kappa shape index (κ2) is 9.02. The van der Waals surface area contributed by atoms with E-state index in [1.54, 1.807) is 54.2 Å². The van der Waals surface area contributed by atoms with E-state index in [4.69, 9.17) is 9.15 Å². The number of amides is 1. The molecule has 0 atom stereocenters. The molecule has 2 aromatic heterocycles. The summed E-state index contributed by atoms with van der Waals surface area (Å²) in [5.74, 6) is 0.816. The zero-order chi connectivity index (χ0) is 20.9. The first-order valence-electron chi connectivity index (χ1n) is 8.89. The summed E-state index contributed by atoms with van der Waals surface area (Å²) >= 11 is 2.78. The Balaban J connectivity index is 1.63. The second-order valence-corrected chi connectivity index (χ2v) is 8.14. The number of nitrogens with zero attached hydrogens (tertiary/aromatic N) is 3. The average Bonchev–Trinajstić information content (AvgIpc) is 3.50. The lowest BCUT2D eigenvalue weighted by molar-refractivity contribution is -0.122. The Labute approximate surface area is 181 Å². The van der Waals surface area contributed by atoms with Crippen molar-refractivity contribution in [3.05, 3.63) is 75.2 Å². The van der Waals surface area contributed by atoms with Crippen LogP contribution in [0, 0.1) is 0 Å². The standard InChI is InChI=1S/C21H17N3O4S2/c1-27-18-10-14(6-7-17(18)25)11-19-20(26)24(13-15-4-2-8-28-15)21(30-19)23-22-12-16-5-3-9-29-16/h2-12,25H,13H2,1H3/b19-11-,22-12+,23-21-. The molecule has 0 unspecified atom stereocenters. The quantitative estimate of drug-likeness (QED) is 0.346. The van der Waals surface area contributed by atoms with Gasteiger partial charge in [-0.1, -0.05) is 12.1 Å². The third-order valence-corrected chi connectivity index (χ3v) is 5.96. The van der Waals surface area contributed by atoms with Crippen molar-refractivity contribution >= 4 is 46.5 Å². The third kappa shape index (κ3) is 4.47. The average molecular weight is 440 g/mol. The summed E-state index contributed by atoms with van der Waals surface area (Å²) < 4.78 is 10.5. The van der Waals surface area contributed by atoms with Gasteiger partial charge in [0.05, 0.1) is 31.0 Å².